The van der Waals surface area contributed by atoms with Crippen LogP contribution in [0.3, 0.4) is 0 Å². The monoisotopic (exact) mass is 409 g/mol. The number of esters is 1. The van der Waals surface area contributed by atoms with Crippen LogP contribution < -0.4 is 10.6 Å². The molecule has 1 aromatic carbocycles. The molecule has 0 bridgehead atoms. The lowest BCUT2D eigenvalue weighted by Gasteiger charge is -2.11. The fourth-order valence-corrected chi connectivity index (χ4v) is 4.21. The zero-order valence-corrected chi connectivity index (χ0v) is 17.0. The molecule has 146 valence electrons. The van der Waals surface area contributed by atoms with Gasteiger partial charge in [-0.2, -0.15) is 0 Å². The predicted molar refractivity (Wildman–Crippen MR) is 109 cm³/mol. The first kappa shape index (κ1) is 21.3. The van der Waals surface area contributed by atoms with E-state index >= 15 is 0 Å². The second kappa shape index (κ2) is 11.0. The van der Waals surface area contributed by atoms with Crippen molar-refractivity contribution in [2.75, 3.05) is 25.4 Å². The van der Waals surface area contributed by atoms with Gasteiger partial charge < -0.3 is 15.4 Å². The summed E-state index contributed by atoms with van der Waals surface area (Å²) in [6.45, 7) is 3.91. The minimum absolute atomic E-state index is 0.00445. The third-order valence-electron chi connectivity index (χ3n) is 3.38. The van der Waals surface area contributed by atoms with E-state index in [1.807, 2.05) is 26.0 Å². The molecule has 2 amide bonds. The van der Waals surface area contributed by atoms with Gasteiger partial charge in [0.2, 0.25) is 5.91 Å². The molecule has 0 saturated heterocycles. The van der Waals surface area contributed by atoms with E-state index in [-0.39, 0.29) is 18.5 Å². The van der Waals surface area contributed by atoms with Gasteiger partial charge in [0.05, 0.1) is 18.7 Å². The number of rotatable bonds is 8. The fourth-order valence-electron chi connectivity index (χ4n) is 2.20. The van der Waals surface area contributed by atoms with E-state index in [1.54, 1.807) is 35.7 Å². The first-order chi connectivity index (χ1) is 13.0. The number of aliphatic imine (C=N–C) groups is 1. The van der Waals surface area contributed by atoms with Crippen LogP contribution in [0.2, 0.25) is 0 Å². The van der Waals surface area contributed by atoms with Gasteiger partial charge in [-0.3, -0.25) is 14.6 Å². The lowest BCUT2D eigenvalue weighted by atomic mass is 10.1. The molecule has 1 heterocycles. The third-order valence-corrected chi connectivity index (χ3v) is 5.68. The molecule has 9 heteroatoms. The number of carbonyl (C=O) groups is 3. The van der Waals surface area contributed by atoms with Crippen LogP contribution in [-0.4, -0.2) is 53.7 Å². The van der Waals surface area contributed by atoms with Gasteiger partial charge in [0.1, 0.15) is 4.38 Å². The maximum absolute atomic E-state index is 12.3. The Morgan fingerprint density at radius 3 is 2.74 bits per heavy atom. The molecule has 27 heavy (non-hydrogen) atoms. The zero-order chi connectivity index (χ0) is 19.6. The summed E-state index contributed by atoms with van der Waals surface area (Å²) in [5, 5.41) is 5.08. The number of ether oxygens (including phenoxy) is 1. The van der Waals surface area contributed by atoms with Crippen molar-refractivity contribution < 1.29 is 19.1 Å². The average Bonchev–Trinajstić information content (AvgIpc) is 3.16. The van der Waals surface area contributed by atoms with Crippen molar-refractivity contribution in [3.05, 3.63) is 35.4 Å². The minimum Gasteiger partial charge on any atom is -0.452 e. The van der Waals surface area contributed by atoms with E-state index in [2.05, 4.69) is 15.6 Å². The second-order valence-corrected chi connectivity index (χ2v) is 8.32. The Kier molecular flexibility index (Phi) is 8.66. The summed E-state index contributed by atoms with van der Waals surface area (Å²) < 4.78 is 6.11. The molecule has 0 aromatic heterocycles. The van der Waals surface area contributed by atoms with E-state index in [9.17, 15) is 14.4 Å². The minimum atomic E-state index is -0.561. The van der Waals surface area contributed by atoms with Gasteiger partial charge in [-0.1, -0.05) is 41.7 Å². The van der Waals surface area contributed by atoms with Crippen molar-refractivity contribution in [2.24, 2.45) is 4.99 Å². The molecule has 0 fully saturated rings. The van der Waals surface area contributed by atoms with Gasteiger partial charge in [0.15, 0.2) is 6.61 Å². The Morgan fingerprint density at radius 1 is 1.26 bits per heavy atom. The van der Waals surface area contributed by atoms with Crippen molar-refractivity contribution in [1.82, 2.24) is 10.6 Å². The predicted octanol–water partition coefficient (Wildman–Crippen LogP) is 1.82. The molecule has 2 N–H and O–H groups in total. The molecule has 0 saturated carbocycles. The van der Waals surface area contributed by atoms with Crippen molar-refractivity contribution in [1.29, 1.82) is 0 Å². The molecule has 0 radical (unpaired) electrons. The largest absolute Gasteiger partial charge is 0.452 e. The summed E-state index contributed by atoms with van der Waals surface area (Å²) in [7, 11) is 0. The molecule has 0 aliphatic carbocycles. The Morgan fingerprint density at radius 2 is 2.04 bits per heavy atom. The SMILES string of the molecule is CC(C)NC(=O)CNC(=O)COC(=O)c1ccccc1CSC1=NCCS1. The number of hydrogen-bond donors (Lipinski definition) is 2. The third kappa shape index (κ3) is 7.64. The summed E-state index contributed by atoms with van der Waals surface area (Å²) in [5.74, 6) is 0.231. The van der Waals surface area contributed by atoms with Crippen LogP contribution in [0.1, 0.15) is 29.8 Å². The van der Waals surface area contributed by atoms with Crippen LogP contribution in [0.25, 0.3) is 0 Å². The maximum atomic E-state index is 12.3. The summed E-state index contributed by atoms with van der Waals surface area (Å²) in [4.78, 5) is 40.0. The van der Waals surface area contributed by atoms with Crippen molar-refractivity contribution in [2.45, 2.75) is 25.6 Å². The molecular formula is C18H23N3O4S2. The van der Waals surface area contributed by atoms with Gasteiger partial charge in [0, 0.05) is 17.5 Å². The first-order valence-corrected chi connectivity index (χ1v) is 10.5. The van der Waals surface area contributed by atoms with Gasteiger partial charge in [-0.15, -0.1) is 0 Å². The fraction of sp³-hybridized carbons (Fsp3) is 0.444. The lowest BCUT2D eigenvalue weighted by Crippen LogP contribution is -2.41. The maximum Gasteiger partial charge on any atom is 0.338 e. The lowest BCUT2D eigenvalue weighted by molar-refractivity contribution is -0.128. The Hall–Kier alpha value is -2.00. The smallest absolute Gasteiger partial charge is 0.338 e. The highest BCUT2D eigenvalue weighted by Gasteiger charge is 2.16. The summed E-state index contributed by atoms with van der Waals surface area (Å²) in [5.41, 5.74) is 1.26. The molecular weight excluding hydrogens is 386 g/mol. The van der Waals surface area contributed by atoms with Crippen LogP contribution in [0.4, 0.5) is 0 Å². The normalized spacial score (nSPS) is 13.2. The Balaban J connectivity index is 1.81. The van der Waals surface area contributed by atoms with Crippen LogP contribution in [0.5, 0.6) is 0 Å². The van der Waals surface area contributed by atoms with Gasteiger partial charge >= 0.3 is 5.97 Å². The molecule has 2 rings (SSSR count). The highest BCUT2D eigenvalue weighted by Crippen LogP contribution is 2.26. The standard InChI is InChI=1S/C18H23N3O4S2/c1-12(2)21-15(22)9-20-16(23)10-25-17(24)14-6-4-3-5-13(14)11-27-18-19-7-8-26-18/h3-6,12H,7-11H2,1-2H3,(H,20,23)(H,21,22). The first-order valence-electron chi connectivity index (χ1n) is 8.57. The van der Waals surface area contributed by atoms with Crippen molar-refractivity contribution in [3.63, 3.8) is 0 Å². The summed E-state index contributed by atoms with van der Waals surface area (Å²) >= 11 is 3.30. The molecule has 1 aliphatic rings. The number of hydrogen-bond acceptors (Lipinski definition) is 7. The molecule has 1 aliphatic heterocycles. The van der Waals surface area contributed by atoms with Gasteiger partial charge in [0.25, 0.3) is 5.91 Å². The van der Waals surface area contributed by atoms with Gasteiger partial charge in [-0.25, -0.2) is 4.79 Å². The van der Waals surface area contributed by atoms with Crippen molar-refractivity contribution >= 4 is 45.7 Å². The summed E-state index contributed by atoms with van der Waals surface area (Å²) in [6.07, 6.45) is 0. The highest BCUT2D eigenvalue weighted by molar-refractivity contribution is 8.38. The zero-order valence-electron chi connectivity index (χ0n) is 15.3. The number of nitrogens with one attached hydrogen (secondary N) is 2. The molecule has 1 aromatic rings. The van der Waals surface area contributed by atoms with Crippen LogP contribution in [0.15, 0.2) is 29.3 Å². The van der Waals surface area contributed by atoms with E-state index < -0.39 is 18.5 Å². The van der Waals surface area contributed by atoms with Gasteiger partial charge in [-0.05, 0) is 25.5 Å². The van der Waals surface area contributed by atoms with E-state index in [4.69, 9.17) is 4.74 Å². The van der Waals surface area contributed by atoms with Crippen LogP contribution in [0, 0.1) is 0 Å². The van der Waals surface area contributed by atoms with Crippen molar-refractivity contribution in [3.8, 4) is 0 Å². The topological polar surface area (TPSA) is 96.9 Å². The number of benzene rings is 1. The van der Waals surface area contributed by atoms with Crippen LogP contribution in [-0.2, 0) is 20.1 Å². The second-order valence-electron chi connectivity index (χ2n) is 6.02. The Bertz CT molecular complexity index is 722. The van der Waals surface area contributed by atoms with E-state index in [1.165, 1.54) is 0 Å². The highest BCUT2D eigenvalue weighted by atomic mass is 32.2. The van der Waals surface area contributed by atoms with Crippen LogP contribution >= 0.6 is 23.5 Å². The number of nitrogens with zero attached hydrogens (tertiary/aromatic N) is 1. The number of carbonyl (C=O) groups excluding carboxylic acids is 3. The molecule has 0 unspecified atom stereocenters. The molecule has 0 spiro atoms. The van der Waals surface area contributed by atoms with E-state index in [0.717, 1.165) is 22.2 Å². The quantitative estimate of drug-likeness (QED) is 0.636. The summed E-state index contributed by atoms with van der Waals surface area (Å²) in [6, 6.07) is 7.14. The average molecular weight is 410 g/mol. The van der Waals surface area contributed by atoms with E-state index in [0.29, 0.717) is 11.3 Å². The number of amides is 2. The molecule has 7 nitrogen and oxygen atoms in total. The number of thioether (sulfide) groups is 2. The Labute approximate surface area is 167 Å². The molecule has 0 atom stereocenters.